The molecule has 4 rings (SSSR count). The molecule has 176 valence electrons. The number of hydrogen-bond acceptors (Lipinski definition) is 3. The zero-order valence-electron chi connectivity index (χ0n) is 19.8. The Bertz CT molecular complexity index is 1020. The van der Waals surface area contributed by atoms with E-state index in [9.17, 15) is 9.18 Å². The lowest BCUT2D eigenvalue weighted by Crippen LogP contribution is -2.50. The second kappa shape index (κ2) is 10.1. The summed E-state index contributed by atoms with van der Waals surface area (Å²) in [5.41, 5.74) is 6.47. The van der Waals surface area contributed by atoms with Crippen LogP contribution in [0.5, 0.6) is 5.75 Å². The fraction of sp³-hybridized carbons (Fsp3) is 0.464. The summed E-state index contributed by atoms with van der Waals surface area (Å²) in [6.45, 7) is 9.40. The summed E-state index contributed by atoms with van der Waals surface area (Å²) < 4.78 is 19.4. The Hall–Kier alpha value is -2.66. The van der Waals surface area contributed by atoms with E-state index in [-0.39, 0.29) is 11.7 Å². The minimum atomic E-state index is -0.684. The van der Waals surface area contributed by atoms with Crippen LogP contribution in [0, 0.1) is 23.6 Å². The van der Waals surface area contributed by atoms with Crippen LogP contribution in [0.4, 0.5) is 4.39 Å². The van der Waals surface area contributed by atoms with Crippen molar-refractivity contribution in [3.8, 4) is 5.75 Å². The zero-order chi connectivity index (χ0) is 23.5. The lowest BCUT2D eigenvalue weighted by Gasteiger charge is -2.38. The van der Waals surface area contributed by atoms with Crippen molar-refractivity contribution in [2.45, 2.75) is 40.0 Å². The van der Waals surface area contributed by atoms with Crippen LogP contribution in [0.3, 0.4) is 0 Å². The normalized spacial score (nSPS) is 17.6. The van der Waals surface area contributed by atoms with Crippen molar-refractivity contribution in [3.05, 3.63) is 70.5 Å². The van der Waals surface area contributed by atoms with Gasteiger partial charge < -0.3 is 9.84 Å². The fourth-order valence-electron chi connectivity index (χ4n) is 4.83. The SMILES string of the molecule is CC1=C(CN2CC(C(=O)O)C2)CCc2cc(OC[C@@H](Cc3ccc(F)cc3)C(C)C)ccc21. The van der Waals surface area contributed by atoms with Crippen LogP contribution < -0.4 is 4.74 Å². The number of carboxylic acids is 1. The quantitative estimate of drug-likeness (QED) is 0.550. The third-order valence-corrected chi connectivity index (χ3v) is 7.25. The summed E-state index contributed by atoms with van der Waals surface area (Å²) in [5.74, 6) is 0.623. The molecule has 0 unspecified atom stereocenters. The lowest BCUT2D eigenvalue weighted by molar-refractivity contribution is -0.147. The van der Waals surface area contributed by atoms with Crippen molar-refractivity contribution >= 4 is 11.5 Å². The maximum Gasteiger partial charge on any atom is 0.309 e. The molecule has 2 aromatic carbocycles. The fourth-order valence-corrected chi connectivity index (χ4v) is 4.83. The Kier molecular flexibility index (Phi) is 7.18. The largest absolute Gasteiger partial charge is 0.493 e. The molecular weight excluding hydrogens is 417 g/mol. The van der Waals surface area contributed by atoms with E-state index in [1.807, 2.05) is 12.1 Å². The van der Waals surface area contributed by atoms with Gasteiger partial charge in [-0.2, -0.15) is 0 Å². The lowest BCUT2D eigenvalue weighted by atomic mass is 9.85. The van der Waals surface area contributed by atoms with Crippen molar-refractivity contribution in [3.63, 3.8) is 0 Å². The number of carboxylic acid groups (broad SMARTS) is 1. The Morgan fingerprint density at radius 1 is 1.15 bits per heavy atom. The maximum atomic E-state index is 13.2. The Balaban J connectivity index is 1.37. The predicted octanol–water partition coefficient (Wildman–Crippen LogP) is 5.46. The molecule has 1 atom stereocenters. The van der Waals surface area contributed by atoms with Crippen LogP contribution in [0.25, 0.3) is 5.57 Å². The van der Waals surface area contributed by atoms with Crippen LogP contribution >= 0.6 is 0 Å². The Labute approximate surface area is 196 Å². The molecule has 1 saturated heterocycles. The minimum Gasteiger partial charge on any atom is -0.493 e. The van der Waals surface area contributed by atoms with Gasteiger partial charge in [0, 0.05) is 19.6 Å². The first-order chi connectivity index (χ1) is 15.8. The molecule has 1 heterocycles. The highest BCUT2D eigenvalue weighted by atomic mass is 19.1. The maximum absolute atomic E-state index is 13.2. The number of ether oxygens (including phenoxy) is 1. The molecule has 0 aromatic heterocycles. The molecule has 5 heteroatoms. The summed E-state index contributed by atoms with van der Waals surface area (Å²) >= 11 is 0. The van der Waals surface area contributed by atoms with Gasteiger partial charge >= 0.3 is 5.97 Å². The van der Waals surface area contributed by atoms with Crippen molar-refractivity contribution < 1.29 is 19.0 Å². The van der Waals surface area contributed by atoms with Crippen LogP contribution in [-0.4, -0.2) is 42.2 Å². The monoisotopic (exact) mass is 451 g/mol. The van der Waals surface area contributed by atoms with Crippen LogP contribution in [-0.2, 0) is 17.6 Å². The number of likely N-dealkylation sites (tertiary alicyclic amines) is 1. The van der Waals surface area contributed by atoms with Gasteiger partial charge in [0.25, 0.3) is 0 Å². The van der Waals surface area contributed by atoms with Gasteiger partial charge in [-0.15, -0.1) is 0 Å². The van der Waals surface area contributed by atoms with Gasteiger partial charge in [-0.1, -0.05) is 37.6 Å². The average Bonchev–Trinajstić information content (AvgIpc) is 2.75. The second-order valence-electron chi connectivity index (χ2n) is 9.92. The van der Waals surface area contributed by atoms with Gasteiger partial charge in [0.2, 0.25) is 0 Å². The Morgan fingerprint density at radius 3 is 2.55 bits per heavy atom. The number of benzene rings is 2. The number of fused-ring (bicyclic) bond motifs is 1. The summed E-state index contributed by atoms with van der Waals surface area (Å²) in [7, 11) is 0. The van der Waals surface area contributed by atoms with Gasteiger partial charge in [-0.05, 0) is 84.6 Å². The molecule has 33 heavy (non-hydrogen) atoms. The highest BCUT2D eigenvalue weighted by molar-refractivity contribution is 5.73. The van der Waals surface area contributed by atoms with E-state index in [1.54, 1.807) is 0 Å². The first-order valence-electron chi connectivity index (χ1n) is 11.9. The van der Waals surface area contributed by atoms with Crippen molar-refractivity contribution in [2.75, 3.05) is 26.2 Å². The number of carbonyl (C=O) groups is 1. The van der Waals surface area contributed by atoms with Gasteiger partial charge in [0.05, 0.1) is 12.5 Å². The van der Waals surface area contributed by atoms with Crippen LogP contribution in [0.1, 0.15) is 43.9 Å². The molecule has 1 fully saturated rings. The summed E-state index contributed by atoms with van der Waals surface area (Å²) in [6, 6.07) is 13.2. The van der Waals surface area contributed by atoms with E-state index in [4.69, 9.17) is 9.84 Å². The average molecular weight is 452 g/mol. The number of rotatable bonds is 9. The van der Waals surface area contributed by atoms with Gasteiger partial charge in [-0.25, -0.2) is 4.39 Å². The van der Waals surface area contributed by atoms with E-state index in [1.165, 1.54) is 34.4 Å². The van der Waals surface area contributed by atoms with Crippen molar-refractivity contribution in [1.29, 1.82) is 0 Å². The molecule has 0 saturated carbocycles. The standard InChI is InChI=1S/C28H34FNO3/c1-18(2)23(12-20-4-8-25(29)9-5-20)17-33-26-10-11-27-19(3)22(7-6-21(27)13-26)14-30-15-24(16-30)28(31)32/h4-5,8-11,13,18,23-24H,6-7,12,14-17H2,1-3H3,(H,31,32)/t23-/m1/s1. The molecule has 1 N–H and O–H groups in total. The smallest absolute Gasteiger partial charge is 0.309 e. The van der Waals surface area contributed by atoms with E-state index in [2.05, 4.69) is 43.9 Å². The molecule has 1 aliphatic heterocycles. The number of aliphatic carboxylic acids is 1. The van der Waals surface area contributed by atoms with E-state index >= 15 is 0 Å². The molecule has 2 aliphatic rings. The van der Waals surface area contributed by atoms with E-state index in [0.29, 0.717) is 31.5 Å². The number of allylic oxidation sites excluding steroid dienone is 1. The molecular formula is C28H34FNO3. The zero-order valence-corrected chi connectivity index (χ0v) is 19.8. The van der Waals surface area contributed by atoms with Gasteiger partial charge in [0.15, 0.2) is 0 Å². The first kappa shape index (κ1) is 23.5. The van der Waals surface area contributed by atoms with Crippen LogP contribution in [0.15, 0.2) is 48.0 Å². The van der Waals surface area contributed by atoms with Crippen molar-refractivity contribution in [2.24, 2.45) is 17.8 Å². The number of halogens is 1. The molecule has 0 amide bonds. The molecule has 0 spiro atoms. The topological polar surface area (TPSA) is 49.8 Å². The van der Waals surface area contributed by atoms with Gasteiger partial charge in [-0.3, -0.25) is 9.69 Å². The molecule has 4 nitrogen and oxygen atoms in total. The third-order valence-electron chi connectivity index (χ3n) is 7.25. The Morgan fingerprint density at radius 2 is 1.88 bits per heavy atom. The van der Waals surface area contributed by atoms with E-state index in [0.717, 1.165) is 37.1 Å². The molecule has 0 radical (unpaired) electrons. The van der Waals surface area contributed by atoms with Crippen LogP contribution in [0.2, 0.25) is 0 Å². The first-order valence-corrected chi connectivity index (χ1v) is 11.9. The second-order valence-corrected chi connectivity index (χ2v) is 9.92. The highest BCUT2D eigenvalue weighted by Gasteiger charge is 2.33. The summed E-state index contributed by atoms with van der Waals surface area (Å²) in [4.78, 5) is 13.3. The molecule has 0 bridgehead atoms. The number of nitrogens with zero attached hydrogens (tertiary/aromatic N) is 1. The van der Waals surface area contributed by atoms with E-state index < -0.39 is 5.97 Å². The predicted molar refractivity (Wildman–Crippen MR) is 129 cm³/mol. The molecule has 1 aliphatic carbocycles. The highest BCUT2D eigenvalue weighted by Crippen LogP contribution is 2.35. The minimum absolute atomic E-state index is 0.202. The molecule has 2 aromatic rings. The summed E-state index contributed by atoms with van der Waals surface area (Å²) in [6.07, 6.45) is 2.86. The third kappa shape index (κ3) is 5.64. The van der Waals surface area contributed by atoms with Crippen molar-refractivity contribution in [1.82, 2.24) is 4.90 Å². The number of aryl methyl sites for hydroxylation is 1. The van der Waals surface area contributed by atoms with Gasteiger partial charge in [0.1, 0.15) is 11.6 Å². The summed E-state index contributed by atoms with van der Waals surface area (Å²) in [5, 5.41) is 9.09. The number of hydrogen-bond donors (Lipinski definition) is 1.